The Morgan fingerprint density at radius 2 is 2.23 bits per heavy atom. The number of benzene rings is 1. The molecule has 1 rings (SSSR count). The normalized spacial score (nSPS) is 9.38. The van der Waals surface area contributed by atoms with Gasteiger partial charge in [-0.25, -0.2) is 4.79 Å². The number of amides is 1. The van der Waals surface area contributed by atoms with Gasteiger partial charge >= 0.3 is 6.09 Å². The van der Waals surface area contributed by atoms with E-state index in [-0.39, 0.29) is 0 Å². The maximum Gasteiger partial charge on any atom is 0.412 e. The van der Waals surface area contributed by atoms with Gasteiger partial charge in [0.2, 0.25) is 0 Å². The lowest BCUT2D eigenvalue weighted by Gasteiger charge is -2.05. The first-order valence-electron chi connectivity index (χ1n) is 3.74. The van der Waals surface area contributed by atoms with E-state index in [1.54, 1.807) is 31.2 Å². The third-order valence-electron chi connectivity index (χ3n) is 1.34. The van der Waals surface area contributed by atoms with Crippen LogP contribution in [0.15, 0.2) is 24.3 Å². The van der Waals surface area contributed by atoms with Gasteiger partial charge in [0.15, 0.2) is 0 Å². The van der Waals surface area contributed by atoms with Gasteiger partial charge in [0.1, 0.15) is 6.61 Å². The van der Waals surface area contributed by atoms with E-state index in [9.17, 15) is 4.79 Å². The molecule has 0 unspecified atom stereocenters. The minimum absolute atomic E-state index is 0.482. The van der Waals surface area contributed by atoms with Crippen molar-refractivity contribution in [1.82, 2.24) is 0 Å². The summed E-state index contributed by atoms with van der Waals surface area (Å²) in [6.07, 6.45) is -0.546. The van der Waals surface area contributed by atoms with Crippen LogP contribution in [0, 0.1) is 6.61 Å². The summed E-state index contributed by atoms with van der Waals surface area (Å²) in [5.41, 5.74) is 0.538. The molecule has 0 bridgehead atoms. The number of hydrogen-bond donors (Lipinski definition) is 1. The van der Waals surface area contributed by atoms with Crippen LogP contribution in [0.5, 0.6) is 0 Å². The van der Waals surface area contributed by atoms with Gasteiger partial charge in [0.05, 0.1) is 10.7 Å². The summed E-state index contributed by atoms with van der Waals surface area (Å²) in [5.74, 6) is 0. The van der Waals surface area contributed by atoms with E-state index < -0.39 is 6.09 Å². The molecule has 1 N–H and O–H groups in total. The smallest absolute Gasteiger partial charge is 0.412 e. The Balaban J connectivity index is 2.63. The second kappa shape index (κ2) is 4.72. The molecule has 69 valence electrons. The molecule has 0 aliphatic carbocycles. The van der Waals surface area contributed by atoms with Crippen molar-refractivity contribution in [3.05, 3.63) is 35.9 Å². The Bertz CT molecular complexity index is 301. The lowest BCUT2D eigenvalue weighted by molar-refractivity contribution is 0.189. The second-order valence-electron chi connectivity index (χ2n) is 2.25. The Morgan fingerprint density at radius 1 is 1.54 bits per heavy atom. The minimum atomic E-state index is -0.546. The molecule has 1 amide bonds. The number of anilines is 1. The quantitative estimate of drug-likeness (QED) is 0.793. The first-order chi connectivity index (χ1) is 6.24. The van der Waals surface area contributed by atoms with Crippen molar-refractivity contribution in [3.8, 4) is 0 Å². The van der Waals surface area contributed by atoms with Gasteiger partial charge in [-0.15, -0.1) is 0 Å². The van der Waals surface area contributed by atoms with Crippen LogP contribution in [-0.2, 0) is 4.74 Å². The maximum atomic E-state index is 10.9. The van der Waals surface area contributed by atoms with E-state index in [1.807, 2.05) is 0 Å². The van der Waals surface area contributed by atoms with Gasteiger partial charge in [0, 0.05) is 0 Å². The molecule has 0 saturated carbocycles. The van der Waals surface area contributed by atoms with Crippen molar-refractivity contribution in [2.45, 2.75) is 6.92 Å². The molecule has 3 nitrogen and oxygen atoms in total. The fraction of sp³-hybridized carbons (Fsp3) is 0.111. The number of carbonyl (C=O) groups excluding carboxylic acids is 1. The van der Waals surface area contributed by atoms with Crippen molar-refractivity contribution >= 4 is 23.4 Å². The number of nitrogens with one attached hydrogen (secondary N) is 1. The van der Waals surface area contributed by atoms with E-state index in [0.717, 1.165) is 0 Å². The number of hydrogen-bond acceptors (Lipinski definition) is 2. The molecular weight excluding hydrogens is 190 g/mol. The molecule has 1 aromatic rings. The standard InChI is InChI=1S/C9H9ClNO2/c1-2-13-9(12)11-8-6-4-3-5-7(8)10/h2-6H,1H3,(H,11,12). The molecule has 0 saturated heterocycles. The Morgan fingerprint density at radius 3 is 2.85 bits per heavy atom. The monoisotopic (exact) mass is 198 g/mol. The highest BCUT2D eigenvalue weighted by molar-refractivity contribution is 6.33. The lowest BCUT2D eigenvalue weighted by atomic mass is 10.3. The van der Waals surface area contributed by atoms with Crippen molar-refractivity contribution in [1.29, 1.82) is 0 Å². The fourth-order valence-electron chi connectivity index (χ4n) is 0.809. The van der Waals surface area contributed by atoms with Gasteiger partial charge in [-0.1, -0.05) is 23.7 Å². The largest absolute Gasteiger partial charge is 0.442 e. The first-order valence-corrected chi connectivity index (χ1v) is 4.12. The van der Waals surface area contributed by atoms with Gasteiger partial charge in [-0.05, 0) is 19.1 Å². The molecule has 1 aromatic carbocycles. The molecule has 4 heteroatoms. The first kappa shape index (κ1) is 9.86. The van der Waals surface area contributed by atoms with E-state index in [4.69, 9.17) is 11.6 Å². The molecule has 0 aliphatic heterocycles. The zero-order valence-electron chi connectivity index (χ0n) is 7.08. The molecule has 0 spiro atoms. The lowest BCUT2D eigenvalue weighted by Crippen LogP contribution is -2.11. The summed E-state index contributed by atoms with van der Waals surface area (Å²) < 4.78 is 4.57. The Labute approximate surface area is 81.7 Å². The van der Waals surface area contributed by atoms with Crippen LogP contribution in [0.2, 0.25) is 5.02 Å². The predicted octanol–water partition coefficient (Wildman–Crippen LogP) is 3.07. The molecule has 1 radical (unpaired) electrons. The number of ether oxygens (including phenoxy) is 1. The topological polar surface area (TPSA) is 38.3 Å². The van der Waals surface area contributed by atoms with Crippen molar-refractivity contribution < 1.29 is 9.53 Å². The number of para-hydroxylation sites is 1. The average molecular weight is 199 g/mol. The minimum Gasteiger partial charge on any atom is -0.442 e. The van der Waals surface area contributed by atoms with Crippen LogP contribution >= 0.6 is 11.6 Å². The highest BCUT2D eigenvalue weighted by Gasteiger charge is 2.04. The van der Waals surface area contributed by atoms with E-state index in [2.05, 4.69) is 10.1 Å². The molecular formula is C9H9ClNO2. The van der Waals surface area contributed by atoms with E-state index in [0.29, 0.717) is 10.7 Å². The summed E-state index contributed by atoms with van der Waals surface area (Å²) in [6, 6.07) is 6.94. The molecule has 0 atom stereocenters. The van der Waals surface area contributed by atoms with E-state index in [1.165, 1.54) is 6.61 Å². The summed E-state index contributed by atoms with van der Waals surface area (Å²) in [7, 11) is 0. The van der Waals surface area contributed by atoms with Crippen LogP contribution in [0.25, 0.3) is 0 Å². The third-order valence-corrected chi connectivity index (χ3v) is 1.67. The molecule has 0 heterocycles. The molecule has 0 fully saturated rings. The van der Waals surface area contributed by atoms with Crippen LogP contribution in [-0.4, -0.2) is 6.09 Å². The van der Waals surface area contributed by atoms with Crippen LogP contribution in [0.3, 0.4) is 0 Å². The van der Waals surface area contributed by atoms with Crippen LogP contribution < -0.4 is 5.32 Å². The zero-order chi connectivity index (χ0) is 9.68. The summed E-state index contributed by atoms with van der Waals surface area (Å²) >= 11 is 5.79. The molecule has 0 aliphatic rings. The second-order valence-corrected chi connectivity index (χ2v) is 2.65. The van der Waals surface area contributed by atoms with Crippen molar-refractivity contribution in [3.63, 3.8) is 0 Å². The third kappa shape index (κ3) is 2.95. The van der Waals surface area contributed by atoms with Crippen LogP contribution in [0.4, 0.5) is 10.5 Å². The zero-order valence-corrected chi connectivity index (χ0v) is 7.84. The number of carbonyl (C=O) groups is 1. The predicted molar refractivity (Wildman–Crippen MR) is 51.5 cm³/mol. The molecule has 0 aromatic heterocycles. The fourth-order valence-corrected chi connectivity index (χ4v) is 0.992. The van der Waals surface area contributed by atoms with Crippen molar-refractivity contribution in [2.24, 2.45) is 0 Å². The highest BCUT2D eigenvalue weighted by Crippen LogP contribution is 2.20. The molecule has 13 heavy (non-hydrogen) atoms. The SMILES string of the molecule is C[CH]OC(=O)Nc1ccccc1Cl. The maximum absolute atomic E-state index is 10.9. The van der Waals surface area contributed by atoms with E-state index >= 15 is 0 Å². The highest BCUT2D eigenvalue weighted by atomic mass is 35.5. The van der Waals surface area contributed by atoms with Gasteiger partial charge in [-0.3, -0.25) is 5.32 Å². The Kier molecular flexibility index (Phi) is 3.58. The average Bonchev–Trinajstić information content (AvgIpc) is 2.09. The summed E-state index contributed by atoms with van der Waals surface area (Å²) in [6.45, 7) is 2.92. The Hall–Kier alpha value is -1.22. The summed E-state index contributed by atoms with van der Waals surface area (Å²) in [5, 5.41) is 2.97. The van der Waals surface area contributed by atoms with Crippen molar-refractivity contribution in [2.75, 3.05) is 5.32 Å². The van der Waals surface area contributed by atoms with Crippen LogP contribution in [0.1, 0.15) is 6.92 Å². The summed E-state index contributed by atoms with van der Waals surface area (Å²) in [4.78, 5) is 10.9. The number of rotatable bonds is 2. The van der Waals surface area contributed by atoms with Gasteiger partial charge < -0.3 is 4.74 Å². The van der Waals surface area contributed by atoms with Gasteiger partial charge in [-0.2, -0.15) is 0 Å². The van der Waals surface area contributed by atoms with Gasteiger partial charge in [0.25, 0.3) is 0 Å². The number of halogens is 1.